The Morgan fingerprint density at radius 3 is 2.53 bits per heavy atom. The van der Waals surface area contributed by atoms with Gasteiger partial charge in [-0.05, 0) is 64.0 Å². The molecule has 2 fully saturated rings. The number of nitrogens with two attached hydrogens (primary N) is 2. The average molecular weight is 665 g/mol. The van der Waals surface area contributed by atoms with Gasteiger partial charge >= 0.3 is 5.97 Å². The van der Waals surface area contributed by atoms with Crippen LogP contribution < -0.4 is 21.1 Å². The third-order valence-corrected chi connectivity index (χ3v) is 11.5. The summed E-state index contributed by atoms with van der Waals surface area (Å²) in [7, 11) is 1.56. The second-order valence-electron chi connectivity index (χ2n) is 13.5. The van der Waals surface area contributed by atoms with Crippen molar-refractivity contribution in [1.82, 2.24) is 9.88 Å². The highest BCUT2D eigenvalue weighted by molar-refractivity contribution is 7.20. The number of carboxylic acid groups (broad SMARTS) is 1. The maximum atomic E-state index is 14.1. The van der Waals surface area contributed by atoms with E-state index in [9.17, 15) is 25.1 Å². The fourth-order valence-electron chi connectivity index (χ4n) is 7.68. The van der Waals surface area contributed by atoms with E-state index in [1.54, 1.807) is 18.9 Å². The molecule has 6 atom stereocenters. The van der Waals surface area contributed by atoms with E-state index in [2.05, 4.69) is 11.1 Å². The van der Waals surface area contributed by atoms with Gasteiger partial charge < -0.3 is 40.5 Å². The van der Waals surface area contributed by atoms with Gasteiger partial charge in [-0.2, -0.15) is 5.26 Å². The molecule has 0 radical (unpaired) electrons. The molecule has 2 aromatic heterocycles. The zero-order valence-corrected chi connectivity index (χ0v) is 27.6. The van der Waals surface area contributed by atoms with Crippen LogP contribution in [0.4, 0.5) is 5.00 Å². The Bertz CT molecular complexity index is 1700. The average Bonchev–Trinajstić information content (AvgIpc) is 3.75. The molecular weight excluding hydrogens is 624 g/mol. The van der Waals surface area contributed by atoms with Crippen LogP contribution in [-0.4, -0.2) is 74.7 Å². The normalized spacial score (nSPS) is 27.8. The molecule has 14 heteroatoms. The summed E-state index contributed by atoms with van der Waals surface area (Å²) in [5.41, 5.74) is 12.2. The number of aliphatic carboxylic acids is 1. The number of aliphatic hydroxyl groups is 1. The molecule has 6 rings (SSSR count). The molecule has 0 bridgehead atoms. The van der Waals surface area contributed by atoms with Crippen molar-refractivity contribution in [3.8, 4) is 22.6 Å². The fourth-order valence-corrected chi connectivity index (χ4v) is 8.94. The number of hydrogen-bond donors (Lipinski definition) is 4. The van der Waals surface area contributed by atoms with Crippen molar-refractivity contribution in [1.29, 1.82) is 5.26 Å². The molecule has 2 saturated carbocycles. The molecule has 1 aromatic carbocycles. The summed E-state index contributed by atoms with van der Waals surface area (Å²) >= 11 is 1.22. The van der Waals surface area contributed by atoms with Crippen molar-refractivity contribution < 1.29 is 33.7 Å². The van der Waals surface area contributed by atoms with E-state index in [1.807, 2.05) is 24.3 Å². The summed E-state index contributed by atoms with van der Waals surface area (Å²) in [5, 5.41) is 31.8. The fraction of sp³-hybridized carbons (Fsp3) is 0.515. The summed E-state index contributed by atoms with van der Waals surface area (Å²) < 4.78 is 18.2. The van der Waals surface area contributed by atoms with Crippen LogP contribution in [-0.2, 0) is 9.53 Å². The maximum absolute atomic E-state index is 14.1. The summed E-state index contributed by atoms with van der Waals surface area (Å²) in [6.45, 7) is 4.52. The van der Waals surface area contributed by atoms with E-state index >= 15 is 0 Å². The Kier molecular flexibility index (Phi) is 8.34. The Labute approximate surface area is 276 Å². The van der Waals surface area contributed by atoms with Crippen molar-refractivity contribution in [2.75, 3.05) is 18.6 Å². The van der Waals surface area contributed by atoms with Gasteiger partial charge in [0.25, 0.3) is 5.91 Å². The van der Waals surface area contributed by atoms with Gasteiger partial charge in [0.05, 0.1) is 42.5 Å². The van der Waals surface area contributed by atoms with E-state index < -0.39 is 40.9 Å². The highest BCUT2D eigenvalue weighted by Gasteiger charge is 2.60. The second-order valence-corrected chi connectivity index (χ2v) is 14.5. The number of aliphatic hydroxyl groups excluding tert-OH is 1. The van der Waals surface area contributed by atoms with Crippen LogP contribution in [0.3, 0.4) is 0 Å². The number of benzene rings is 1. The lowest BCUT2D eigenvalue weighted by molar-refractivity contribution is -0.154. The Morgan fingerprint density at radius 2 is 1.94 bits per heavy atom. The first-order valence-corrected chi connectivity index (χ1v) is 16.3. The number of nitrogens with zero attached hydrogens (tertiary/aromatic N) is 4. The van der Waals surface area contributed by atoms with Crippen molar-refractivity contribution in [2.45, 2.75) is 88.1 Å². The number of aromatic nitrogens is 1. The van der Waals surface area contributed by atoms with Crippen molar-refractivity contribution >= 4 is 28.2 Å². The van der Waals surface area contributed by atoms with E-state index in [-0.39, 0.29) is 24.1 Å². The molecule has 6 N–H and O–H groups in total. The van der Waals surface area contributed by atoms with Crippen LogP contribution in [0.15, 0.2) is 41.1 Å². The zero-order valence-electron chi connectivity index (χ0n) is 26.8. The number of anilines is 1. The maximum Gasteiger partial charge on any atom is 0.329 e. The molecular formula is C33H40N6O7S. The van der Waals surface area contributed by atoms with Crippen LogP contribution in [0.5, 0.6) is 5.75 Å². The summed E-state index contributed by atoms with van der Waals surface area (Å²) in [6.07, 6.45) is 2.81. The molecule has 0 spiro atoms. The molecule has 4 unspecified atom stereocenters. The number of carboxylic acids is 1. The third-order valence-electron chi connectivity index (χ3n) is 10.1. The number of amides is 1. The zero-order chi connectivity index (χ0) is 33.9. The number of rotatable bonds is 10. The van der Waals surface area contributed by atoms with Gasteiger partial charge in [0.2, 0.25) is 12.2 Å². The monoisotopic (exact) mass is 664 g/mol. The number of para-hydroxylation sites is 1. The molecule has 3 heterocycles. The minimum Gasteiger partial charge on any atom is -0.496 e. The summed E-state index contributed by atoms with van der Waals surface area (Å²) in [6, 6.07) is 9.63. The van der Waals surface area contributed by atoms with Gasteiger partial charge in [0, 0.05) is 23.1 Å². The highest BCUT2D eigenvalue weighted by atomic mass is 32.1. The summed E-state index contributed by atoms with van der Waals surface area (Å²) in [4.78, 5) is 33.9. The van der Waals surface area contributed by atoms with Crippen molar-refractivity contribution in [3.05, 3.63) is 53.4 Å². The van der Waals surface area contributed by atoms with Gasteiger partial charge in [0.1, 0.15) is 28.7 Å². The van der Waals surface area contributed by atoms with E-state index in [0.29, 0.717) is 64.7 Å². The number of oxazole rings is 1. The number of methoxy groups -OCH3 is 1. The second kappa shape index (κ2) is 11.9. The molecule has 0 saturated heterocycles. The van der Waals surface area contributed by atoms with Crippen LogP contribution in [0.25, 0.3) is 10.8 Å². The van der Waals surface area contributed by atoms with Gasteiger partial charge in [-0.25, -0.2) is 9.78 Å². The Morgan fingerprint density at radius 1 is 1.26 bits per heavy atom. The standard InChI is InChI=1S/C33H40N6O7S/c1-18-24-27(40)39(31(2,3)29(41)42)30(43)38(28(24)47-25(18)26-37-11-12-45-26)17-23(21-7-5-6-8-22(21)44-4)46-20-15-32(35)13-19(9-10-34)14-33(32,36)16-20/h5-8,11-12,19-20,23,30,43H,9,13-17,35-36H2,1-4H3,(H,41,42)/t19?,20?,23?,30?,32-,33+. The molecule has 3 aromatic rings. The SMILES string of the molecule is COc1ccccc1C(CN1c2sc(-c3ncco3)c(C)c2C(=O)N(C(C)(C)C(=O)O)C1O)OC1C[C@]2(N)CC(CC#N)C[C@]2(N)C1. The third kappa shape index (κ3) is 5.36. The van der Waals surface area contributed by atoms with Crippen LogP contribution in [0.1, 0.15) is 73.5 Å². The smallest absolute Gasteiger partial charge is 0.329 e. The van der Waals surface area contributed by atoms with Gasteiger partial charge in [-0.3, -0.25) is 9.69 Å². The number of hydrogen-bond acceptors (Lipinski definition) is 12. The first kappa shape index (κ1) is 32.9. The van der Waals surface area contributed by atoms with Crippen LogP contribution >= 0.6 is 11.3 Å². The van der Waals surface area contributed by atoms with Crippen LogP contribution in [0.2, 0.25) is 0 Å². The Balaban J connectivity index is 1.41. The lowest BCUT2D eigenvalue weighted by Gasteiger charge is -2.47. The molecule has 1 aliphatic heterocycles. The minimum absolute atomic E-state index is 0.0156. The van der Waals surface area contributed by atoms with Gasteiger partial charge in [-0.1, -0.05) is 18.2 Å². The van der Waals surface area contributed by atoms with Crippen LogP contribution in [0, 0.1) is 24.2 Å². The molecule has 1 amide bonds. The van der Waals surface area contributed by atoms with E-state index in [4.69, 9.17) is 25.4 Å². The number of ether oxygens (including phenoxy) is 2. The predicted molar refractivity (Wildman–Crippen MR) is 172 cm³/mol. The van der Waals surface area contributed by atoms with Crippen molar-refractivity contribution in [3.63, 3.8) is 0 Å². The topological polar surface area (TPSA) is 201 Å². The number of carbonyl (C=O) groups is 2. The number of fused-ring (bicyclic) bond motifs is 2. The van der Waals surface area contributed by atoms with Crippen molar-refractivity contribution in [2.24, 2.45) is 17.4 Å². The summed E-state index contributed by atoms with van der Waals surface area (Å²) in [5.74, 6) is -0.908. The first-order valence-electron chi connectivity index (χ1n) is 15.5. The number of thiophene rings is 1. The van der Waals surface area contributed by atoms with Gasteiger partial charge in [-0.15, -0.1) is 11.3 Å². The quantitative estimate of drug-likeness (QED) is 0.245. The molecule has 3 aliphatic rings. The largest absolute Gasteiger partial charge is 0.496 e. The predicted octanol–water partition coefficient (Wildman–Crippen LogP) is 3.76. The van der Waals surface area contributed by atoms with E-state index in [1.165, 1.54) is 37.6 Å². The lowest BCUT2D eigenvalue weighted by atomic mass is 9.85. The number of carbonyl (C=O) groups excluding carboxylic acids is 1. The molecule has 250 valence electrons. The first-order chi connectivity index (χ1) is 22.2. The molecule has 2 aliphatic carbocycles. The molecule has 13 nitrogen and oxygen atoms in total. The Hall–Kier alpha value is -4.00. The lowest BCUT2D eigenvalue weighted by Crippen LogP contribution is -2.65. The minimum atomic E-state index is -1.77. The molecule has 47 heavy (non-hydrogen) atoms. The van der Waals surface area contributed by atoms with E-state index in [0.717, 1.165) is 4.90 Å². The number of nitriles is 1. The highest BCUT2D eigenvalue weighted by Crippen LogP contribution is 2.53. The van der Waals surface area contributed by atoms with Gasteiger partial charge in [0.15, 0.2) is 0 Å².